The van der Waals surface area contributed by atoms with Crippen molar-refractivity contribution in [2.24, 2.45) is 0 Å². The summed E-state index contributed by atoms with van der Waals surface area (Å²) < 4.78 is 47.4. The molecule has 0 radical (unpaired) electrons. The molecule has 0 saturated carbocycles. The van der Waals surface area contributed by atoms with Gasteiger partial charge in [0.05, 0.1) is 23.8 Å². The number of nitrogen functional groups attached to an aromatic ring is 1. The lowest BCUT2D eigenvalue weighted by molar-refractivity contribution is -0.138. The number of likely N-dealkylation sites (N-methyl/N-ethyl adjacent to an activating group) is 1. The highest BCUT2D eigenvalue weighted by atomic mass is 19.4. The zero-order chi connectivity index (χ0) is 31.1. The van der Waals surface area contributed by atoms with Gasteiger partial charge in [-0.05, 0) is 55.8 Å². The largest absolute Gasteiger partial charge is 0.495 e. The highest BCUT2D eigenvalue weighted by Crippen LogP contribution is 2.35. The molecule has 5 N–H and O–H groups in total. The second-order valence-corrected chi connectivity index (χ2v) is 9.96. The van der Waals surface area contributed by atoms with Gasteiger partial charge in [-0.15, -0.1) is 0 Å². The molecule has 0 unspecified atom stereocenters. The van der Waals surface area contributed by atoms with Crippen LogP contribution in [-0.4, -0.2) is 78.3 Å². The van der Waals surface area contributed by atoms with Crippen LogP contribution in [0.15, 0.2) is 42.7 Å². The first-order valence-corrected chi connectivity index (χ1v) is 13.6. The Morgan fingerprint density at radius 1 is 1.14 bits per heavy atom. The van der Waals surface area contributed by atoms with Crippen LogP contribution in [0.4, 0.5) is 30.5 Å². The minimum absolute atomic E-state index is 0.0141. The van der Waals surface area contributed by atoms with Crippen LogP contribution >= 0.6 is 0 Å². The first kappa shape index (κ1) is 31.3. The molecule has 3 aromatic rings. The van der Waals surface area contributed by atoms with E-state index in [0.29, 0.717) is 36.8 Å². The van der Waals surface area contributed by atoms with Gasteiger partial charge in [0.15, 0.2) is 0 Å². The Balaban J connectivity index is 1.56. The van der Waals surface area contributed by atoms with Crippen molar-refractivity contribution in [3.63, 3.8) is 0 Å². The molecule has 1 fully saturated rings. The number of carbonyl (C=O) groups is 1. The van der Waals surface area contributed by atoms with Gasteiger partial charge in [0, 0.05) is 50.5 Å². The number of ether oxygens (including phenoxy) is 1. The summed E-state index contributed by atoms with van der Waals surface area (Å²) in [5.41, 5.74) is 5.86. The summed E-state index contributed by atoms with van der Waals surface area (Å²) in [7, 11) is 3.41. The third-order valence-electron chi connectivity index (χ3n) is 6.92. The second kappa shape index (κ2) is 13.5. The fraction of sp³-hybridized carbons (Fsp3) is 0.333. The summed E-state index contributed by atoms with van der Waals surface area (Å²) >= 11 is 0. The van der Waals surface area contributed by atoms with Gasteiger partial charge in [0.25, 0.3) is 5.91 Å². The minimum atomic E-state index is -4.59. The third kappa shape index (κ3) is 7.79. The maximum absolute atomic E-state index is 14.0. The van der Waals surface area contributed by atoms with Crippen LogP contribution in [0.2, 0.25) is 0 Å². The molecule has 10 nitrogen and oxygen atoms in total. The Morgan fingerprint density at radius 3 is 2.56 bits per heavy atom. The van der Waals surface area contributed by atoms with Crippen molar-refractivity contribution in [1.29, 1.82) is 5.41 Å². The predicted molar refractivity (Wildman–Crippen MR) is 159 cm³/mol. The number of nitrogens with one attached hydrogen (secondary N) is 3. The van der Waals surface area contributed by atoms with Gasteiger partial charge in [0.2, 0.25) is 0 Å². The van der Waals surface area contributed by atoms with Crippen LogP contribution < -0.4 is 21.1 Å². The fourth-order valence-corrected chi connectivity index (χ4v) is 4.59. The summed E-state index contributed by atoms with van der Waals surface area (Å²) in [6, 6.07) is 8.28. The first-order chi connectivity index (χ1) is 20.5. The number of piperazine rings is 1. The monoisotopic (exact) mass is 594 g/mol. The Bertz CT molecular complexity index is 1560. The molecule has 4 rings (SSSR count). The molecule has 1 saturated heterocycles. The standard InChI is InChI=1S/C30H33F3N8O2/c1-4-36-28-26(27(35)37-18-38-28)24(34)9-6-19-15-20(7-10-25(19)43-3)29(42)39-22-8-5-21(23(16-22)30(31,32)33)17-41-13-11-40(2)12-14-41/h5,7-8,10,15-16,18,34H,4,11-14,17H2,1-3H3,(H,39,42)(H3,35,36,37,38). The number of hydrogen-bond acceptors (Lipinski definition) is 9. The molecule has 2 aromatic carbocycles. The molecule has 1 amide bonds. The summed E-state index contributed by atoms with van der Waals surface area (Å²) in [5, 5.41) is 14.0. The van der Waals surface area contributed by atoms with Gasteiger partial charge in [-0.3, -0.25) is 15.1 Å². The van der Waals surface area contributed by atoms with Crippen molar-refractivity contribution in [2.75, 3.05) is 63.2 Å². The summed E-state index contributed by atoms with van der Waals surface area (Å²) in [6.07, 6.45) is -3.31. The average Bonchev–Trinajstić information content (AvgIpc) is 2.97. The number of halogens is 3. The van der Waals surface area contributed by atoms with Gasteiger partial charge in [-0.25, -0.2) is 9.97 Å². The SMILES string of the molecule is CCNc1ncnc(N)c1C(=N)C#Cc1cc(C(=O)Nc2ccc(CN3CCN(C)CC3)c(C(F)(F)F)c2)ccc1OC. The first-order valence-electron chi connectivity index (χ1n) is 13.6. The molecule has 1 aliphatic rings. The van der Waals surface area contributed by atoms with E-state index in [1.54, 1.807) is 0 Å². The molecule has 1 aliphatic heterocycles. The minimum Gasteiger partial charge on any atom is -0.495 e. The average molecular weight is 595 g/mol. The van der Waals surface area contributed by atoms with E-state index in [0.717, 1.165) is 19.2 Å². The molecule has 2 heterocycles. The van der Waals surface area contributed by atoms with E-state index < -0.39 is 17.6 Å². The number of amides is 1. The van der Waals surface area contributed by atoms with Crippen LogP contribution in [0.3, 0.4) is 0 Å². The lowest BCUT2D eigenvalue weighted by Crippen LogP contribution is -2.44. The quantitative estimate of drug-likeness (QED) is 0.228. The fourth-order valence-electron chi connectivity index (χ4n) is 4.59. The van der Waals surface area contributed by atoms with Crippen molar-refractivity contribution in [3.8, 4) is 17.6 Å². The van der Waals surface area contributed by atoms with E-state index in [1.165, 1.54) is 43.8 Å². The number of alkyl halides is 3. The summed E-state index contributed by atoms with van der Waals surface area (Å²) in [4.78, 5) is 25.3. The number of carbonyl (C=O) groups excluding carboxylic acids is 1. The van der Waals surface area contributed by atoms with Gasteiger partial charge in [-0.2, -0.15) is 13.2 Å². The van der Waals surface area contributed by atoms with E-state index in [4.69, 9.17) is 15.9 Å². The van der Waals surface area contributed by atoms with Crippen molar-refractivity contribution in [1.82, 2.24) is 19.8 Å². The van der Waals surface area contributed by atoms with Gasteiger partial charge >= 0.3 is 6.18 Å². The molecule has 13 heteroatoms. The lowest BCUT2D eigenvalue weighted by Gasteiger charge is -2.33. The molecule has 43 heavy (non-hydrogen) atoms. The molecular weight excluding hydrogens is 561 g/mol. The maximum atomic E-state index is 14.0. The number of hydrogen-bond donors (Lipinski definition) is 4. The van der Waals surface area contributed by atoms with Crippen LogP contribution in [0.1, 0.15) is 39.5 Å². The molecule has 0 atom stereocenters. The Kier molecular flexibility index (Phi) is 9.84. The molecule has 0 spiro atoms. The van der Waals surface area contributed by atoms with Crippen LogP contribution in [-0.2, 0) is 12.7 Å². The molecular formula is C30H33F3N8O2. The topological polar surface area (TPSA) is 132 Å². The second-order valence-electron chi connectivity index (χ2n) is 9.96. The normalized spacial score (nSPS) is 14.0. The van der Waals surface area contributed by atoms with Crippen molar-refractivity contribution >= 4 is 28.9 Å². The van der Waals surface area contributed by atoms with Crippen molar-refractivity contribution in [3.05, 3.63) is 70.5 Å². The van der Waals surface area contributed by atoms with E-state index in [1.807, 2.05) is 18.9 Å². The van der Waals surface area contributed by atoms with Crippen LogP contribution in [0, 0.1) is 17.3 Å². The number of nitrogens with two attached hydrogens (primary N) is 1. The number of aromatic nitrogens is 2. The Labute approximate surface area is 248 Å². The van der Waals surface area contributed by atoms with Gasteiger partial charge < -0.3 is 26.0 Å². The van der Waals surface area contributed by atoms with E-state index in [9.17, 15) is 18.0 Å². The molecule has 0 aliphatic carbocycles. The number of benzene rings is 2. The number of methoxy groups -OCH3 is 1. The maximum Gasteiger partial charge on any atom is 0.416 e. The zero-order valence-corrected chi connectivity index (χ0v) is 24.1. The van der Waals surface area contributed by atoms with Gasteiger partial charge in [0.1, 0.15) is 29.4 Å². The predicted octanol–water partition coefficient (Wildman–Crippen LogP) is 3.94. The zero-order valence-electron chi connectivity index (χ0n) is 24.1. The Morgan fingerprint density at radius 2 is 1.88 bits per heavy atom. The number of rotatable bonds is 8. The third-order valence-corrected chi connectivity index (χ3v) is 6.92. The van der Waals surface area contributed by atoms with Crippen LogP contribution in [0.5, 0.6) is 5.75 Å². The lowest BCUT2D eigenvalue weighted by atomic mass is 10.0. The van der Waals surface area contributed by atoms with E-state index in [2.05, 4.69) is 37.3 Å². The van der Waals surface area contributed by atoms with E-state index in [-0.39, 0.29) is 40.5 Å². The number of nitrogens with zero attached hydrogens (tertiary/aromatic N) is 4. The smallest absolute Gasteiger partial charge is 0.416 e. The van der Waals surface area contributed by atoms with Crippen molar-refractivity contribution < 1.29 is 22.7 Å². The summed E-state index contributed by atoms with van der Waals surface area (Å²) in [6.45, 7) is 5.51. The number of anilines is 3. The highest BCUT2D eigenvalue weighted by Gasteiger charge is 2.34. The summed E-state index contributed by atoms with van der Waals surface area (Å²) in [5.74, 6) is 5.68. The molecule has 226 valence electrons. The highest BCUT2D eigenvalue weighted by molar-refractivity contribution is 6.16. The van der Waals surface area contributed by atoms with Gasteiger partial charge in [-0.1, -0.05) is 12.0 Å². The van der Waals surface area contributed by atoms with Crippen molar-refractivity contribution in [2.45, 2.75) is 19.6 Å². The Hall–Kier alpha value is -4.67. The van der Waals surface area contributed by atoms with E-state index >= 15 is 0 Å². The molecule has 1 aromatic heterocycles. The molecule has 0 bridgehead atoms. The van der Waals surface area contributed by atoms with Crippen LogP contribution in [0.25, 0.3) is 0 Å².